The lowest BCUT2D eigenvalue weighted by atomic mass is 10.1. The number of rotatable bonds is 1. The quantitative estimate of drug-likeness (QED) is 0.556. The molecule has 1 saturated heterocycles. The van der Waals surface area contributed by atoms with Crippen LogP contribution in [-0.2, 0) is 4.75 Å². The van der Waals surface area contributed by atoms with Gasteiger partial charge in [0.05, 0.1) is 4.75 Å². The SMILES string of the molecule is CC1(c2ccon2)CS1. The van der Waals surface area contributed by atoms with Crippen molar-refractivity contribution < 1.29 is 4.52 Å². The van der Waals surface area contributed by atoms with Crippen LogP contribution in [-0.4, -0.2) is 10.9 Å². The first-order valence-electron chi connectivity index (χ1n) is 2.86. The molecule has 1 aromatic heterocycles. The molecule has 2 heterocycles. The Hall–Kier alpha value is -0.440. The lowest BCUT2D eigenvalue weighted by molar-refractivity contribution is 0.408. The van der Waals surface area contributed by atoms with Crippen molar-refractivity contribution in [2.24, 2.45) is 0 Å². The second kappa shape index (κ2) is 1.53. The van der Waals surface area contributed by atoms with Gasteiger partial charge in [0.2, 0.25) is 0 Å². The zero-order chi connectivity index (χ0) is 6.32. The molecule has 1 aromatic rings. The predicted octanol–water partition coefficient (Wildman–Crippen LogP) is 1.64. The van der Waals surface area contributed by atoms with Crippen molar-refractivity contribution in [3.8, 4) is 0 Å². The van der Waals surface area contributed by atoms with E-state index in [0.717, 1.165) is 5.69 Å². The molecule has 0 bridgehead atoms. The molecule has 0 saturated carbocycles. The molecule has 0 spiro atoms. The number of thioether (sulfide) groups is 1. The van der Waals surface area contributed by atoms with E-state index in [-0.39, 0.29) is 4.75 Å². The normalized spacial score (nSPS) is 32.6. The van der Waals surface area contributed by atoms with Gasteiger partial charge < -0.3 is 4.52 Å². The second-order valence-corrected chi connectivity index (χ2v) is 3.88. The third-order valence-electron chi connectivity index (χ3n) is 1.56. The van der Waals surface area contributed by atoms with E-state index in [4.69, 9.17) is 4.52 Å². The van der Waals surface area contributed by atoms with Crippen molar-refractivity contribution in [3.05, 3.63) is 18.0 Å². The molecule has 0 aromatic carbocycles. The van der Waals surface area contributed by atoms with E-state index in [0.29, 0.717) is 0 Å². The van der Waals surface area contributed by atoms with Crippen molar-refractivity contribution in [2.75, 3.05) is 5.75 Å². The van der Waals surface area contributed by atoms with Gasteiger partial charge in [0.25, 0.3) is 0 Å². The van der Waals surface area contributed by atoms with Crippen molar-refractivity contribution in [1.82, 2.24) is 5.16 Å². The highest BCUT2D eigenvalue weighted by molar-refractivity contribution is 8.07. The van der Waals surface area contributed by atoms with Crippen LogP contribution in [0.15, 0.2) is 16.9 Å². The molecule has 3 heteroatoms. The molecule has 2 rings (SSSR count). The smallest absolute Gasteiger partial charge is 0.124 e. The summed E-state index contributed by atoms with van der Waals surface area (Å²) in [6.07, 6.45) is 1.62. The predicted molar refractivity (Wildman–Crippen MR) is 36.3 cm³/mol. The van der Waals surface area contributed by atoms with Gasteiger partial charge in [-0.3, -0.25) is 0 Å². The second-order valence-electron chi connectivity index (χ2n) is 2.40. The standard InChI is InChI=1S/C6H7NOS/c1-6(4-9-6)5-2-3-8-7-5/h2-3H,4H2,1H3. The Morgan fingerprint density at radius 2 is 2.67 bits per heavy atom. The molecule has 9 heavy (non-hydrogen) atoms. The van der Waals surface area contributed by atoms with Gasteiger partial charge in [-0.05, 0) is 6.92 Å². The summed E-state index contributed by atoms with van der Waals surface area (Å²) < 4.78 is 5.00. The van der Waals surface area contributed by atoms with E-state index >= 15 is 0 Å². The average molecular weight is 141 g/mol. The third-order valence-corrected chi connectivity index (χ3v) is 2.92. The van der Waals surface area contributed by atoms with Gasteiger partial charge in [-0.1, -0.05) is 5.16 Å². The van der Waals surface area contributed by atoms with Crippen molar-refractivity contribution in [1.29, 1.82) is 0 Å². The van der Waals surface area contributed by atoms with Gasteiger partial charge in [0.15, 0.2) is 0 Å². The maximum atomic E-state index is 4.72. The van der Waals surface area contributed by atoms with Gasteiger partial charge in [-0.15, -0.1) is 11.8 Å². The number of nitrogens with zero attached hydrogens (tertiary/aromatic N) is 1. The molecular formula is C6H7NOS. The van der Waals surface area contributed by atoms with Crippen LogP contribution in [0.2, 0.25) is 0 Å². The van der Waals surface area contributed by atoms with Gasteiger partial charge >= 0.3 is 0 Å². The minimum Gasteiger partial charge on any atom is -0.364 e. The molecular weight excluding hydrogens is 134 g/mol. The zero-order valence-electron chi connectivity index (χ0n) is 5.13. The molecule has 2 nitrogen and oxygen atoms in total. The van der Waals surface area contributed by atoms with Gasteiger partial charge in [-0.25, -0.2) is 0 Å². The third kappa shape index (κ3) is 0.758. The topological polar surface area (TPSA) is 26.0 Å². The molecule has 1 fully saturated rings. The molecule has 1 atom stereocenters. The van der Waals surface area contributed by atoms with Gasteiger partial charge in [0, 0.05) is 11.8 Å². The highest BCUT2D eigenvalue weighted by Crippen LogP contribution is 2.52. The molecule has 48 valence electrons. The Balaban J connectivity index is 2.34. The maximum absolute atomic E-state index is 4.72. The molecule has 0 radical (unpaired) electrons. The fourth-order valence-corrected chi connectivity index (χ4v) is 1.36. The van der Waals surface area contributed by atoms with Crippen LogP contribution in [0.5, 0.6) is 0 Å². The molecule has 1 unspecified atom stereocenters. The van der Waals surface area contributed by atoms with E-state index in [1.165, 1.54) is 5.75 Å². The highest BCUT2D eigenvalue weighted by atomic mass is 32.2. The summed E-state index contributed by atoms with van der Waals surface area (Å²) in [6.45, 7) is 2.18. The van der Waals surface area contributed by atoms with Gasteiger partial charge in [-0.2, -0.15) is 0 Å². The minimum absolute atomic E-state index is 0.285. The van der Waals surface area contributed by atoms with E-state index in [2.05, 4.69) is 12.1 Å². The van der Waals surface area contributed by atoms with Crippen LogP contribution in [0.3, 0.4) is 0 Å². The molecule has 1 aliphatic heterocycles. The minimum atomic E-state index is 0.285. The molecule has 0 N–H and O–H groups in total. The van der Waals surface area contributed by atoms with Crippen LogP contribution in [0.1, 0.15) is 12.6 Å². The summed E-state index contributed by atoms with van der Waals surface area (Å²) >= 11 is 1.91. The monoisotopic (exact) mass is 141 g/mol. The maximum Gasteiger partial charge on any atom is 0.124 e. The zero-order valence-corrected chi connectivity index (χ0v) is 5.94. The summed E-state index contributed by atoms with van der Waals surface area (Å²) in [5, 5.41) is 3.85. The van der Waals surface area contributed by atoms with Crippen molar-refractivity contribution >= 4 is 11.8 Å². The van der Waals surface area contributed by atoms with Crippen LogP contribution >= 0.6 is 11.8 Å². The van der Waals surface area contributed by atoms with Crippen LogP contribution in [0.4, 0.5) is 0 Å². The fourth-order valence-electron chi connectivity index (χ4n) is 0.741. The Morgan fingerprint density at radius 1 is 1.89 bits per heavy atom. The Labute approximate surface area is 57.6 Å². The van der Waals surface area contributed by atoms with Gasteiger partial charge in [0.1, 0.15) is 12.0 Å². The summed E-state index contributed by atoms with van der Waals surface area (Å²) in [6, 6.07) is 1.93. The molecule has 0 amide bonds. The Bertz CT molecular complexity index is 203. The van der Waals surface area contributed by atoms with Crippen LogP contribution < -0.4 is 0 Å². The lowest BCUT2D eigenvalue weighted by Gasteiger charge is -1.95. The summed E-state index contributed by atoms with van der Waals surface area (Å²) in [5.41, 5.74) is 1.08. The van der Waals surface area contributed by atoms with E-state index in [1.54, 1.807) is 6.26 Å². The van der Waals surface area contributed by atoms with Crippen LogP contribution in [0, 0.1) is 0 Å². The average Bonchev–Trinajstić information content (AvgIpc) is 2.46. The van der Waals surface area contributed by atoms with E-state index in [9.17, 15) is 0 Å². The number of aromatic nitrogens is 1. The van der Waals surface area contributed by atoms with Crippen molar-refractivity contribution in [3.63, 3.8) is 0 Å². The Kier molecular flexibility index (Phi) is 0.913. The van der Waals surface area contributed by atoms with E-state index in [1.807, 2.05) is 17.8 Å². The van der Waals surface area contributed by atoms with E-state index < -0.39 is 0 Å². The first-order valence-corrected chi connectivity index (χ1v) is 3.85. The molecule has 0 aliphatic carbocycles. The summed E-state index contributed by atoms with van der Waals surface area (Å²) in [7, 11) is 0. The highest BCUT2D eigenvalue weighted by Gasteiger charge is 2.42. The summed E-state index contributed by atoms with van der Waals surface area (Å²) in [4.78, 5) is 0. The lowest BCUT2D eigenvalue weighted by Crippen LogP contribution is -1.98. The number of hydrogen-bond acceptors (Lipinski definition) is 3. The van der Waals surface area contributed by atoms with Crippen LogP contribution in [0.25, 0.3) is 0 Å². The Morgan fingerprint density at radius 3 is 3.11 bits per heavy atom. The summed E-state index contributed by atoms with van der Waals surface area (Å²) in [5.74, 6) is 1.18. The molecule has 1 aliphatic rings. The first kappa shape index (κ1) is 5.35. The fraction of sp³-hybridized carbons (Fsp3) is 0.500. The number of hydrogen-bond donors (Lipinski definition) is 0. The first-order chi connectivity index (χ1) is 4.31. The largest absolute Gasteiger partial charge is 0.364 e. The van der Waals surface area contributed by atoms with Crippen molar-refractivity contribution in [2.45, 2.75) is 11.7 Å².